The standard InChI is InChI=1S/C14H23OS.3C4H9.Sn/c1-2-3-4-5-6-7-8-9-11-15-14-10-12-16-13-14;3*1-3-4-2;/h10,12H,2-9,11H2,1H3;3*1,3-4H2,2H3;. The van der Waals surface area contributed by atoms with E-state index in [2.05, 4.69) is 50.5 Å². The van der Waals surface area contributed by atoms with Crippen LogP contribution in [0.1, 0.15) is 118 Å². The summed E-state index contributed by atoms with van der Waals surface area (Å²) in [5, 5.41) is 2.33. The zero-order chi connectivity index (χ0) is 21.2. The first-order valence-electron chi connectivity index (χ1n) is 12.9. The van der Waals surface area contributed by atoms with Gasteiger partial charge < -0.3 is 0 Å². The number of thiophene rings is 1. The Bertz CT molecular complexity index is 463. The average Bonchev–Trinajstić information content (AvgIpc) is 3.21. The van der Waals surface area contributed by atoms with Gasteiger partial charge in [-0.05, 0) is 0 Å². The fourth-order valence-electron chi connectivity index (χ4n) is 4.48. The van der Waals surface area contributed by atoms with Crippen LogP contribution in [0.4, 0.5) is 0 Å². The third-order valence-electron chi connectivity index (χ3n) is 6.39. The minimum absolute atomic E-state index is 0.927. The van der Waals surface area contributed by atoms with E-state index in [9.17, 15) is 0 Å². The molecular weight excluding hydrogens is 479 g/mol. The predicted molar refractivity (Wildman–Crippen MR) is 137 cm³/mol. The maximum atomic E-state index is 6.43. The van der Waals surface area contributed by atoms with Crippen LogP contribution in [-0.2, 0) is 0 Å². The third-order valence-corrected chi connectivity index (χ3v) is 25.7. The van der Waals surface area contributed by atoms with Crippen molar-refractivity contribution in [3.63, 3.8) is 0 Å². The van der Waals surface area contributed by atoms with E-state index in [0.29, 0.717) is 0 Å². The van der Waals surface area contributed by atoms with Gasteiger partial charge in [0, 0.05) is 0 Å². The summed E-state index contributed by atoms with van der Waals surface area (Å²) in [6.07, 6.45) is 19.3. The molecule has 0 radical (unpaired) electrons. The molecule has 0 spiro atoms. The van der Waals surface area contributed by atoms with Crippen LogP contribution in [0.2, 0.25) is 13.3 Å². The van der Waals surface area contributed by atoms with Crippen molar-refractivity contribution in [1.29, 1.82) is 0 Å². The van der Waals surface area contributed by atoms with Crippen molar-refractivity contribution >= 4 is 32.6 Å². The number of rotatable bonds is 20. The molecule has 1 rings (SSSR count). The molecule has 0 aliphatic rings. The fourth-order valence-corrected chi connectivity index (χ4v) is 24.9. The van der Waals surface area contributed by atoms with Gasteiger partial charge in [0.15, 0.2) is 0 Å². The van der Waals surface area contributed by atoms with Gasteiger partial charge in [-0.15, -0.1) is 0 Å². The molecule has 0 saturated carbocycles. The summed E-state index contributed by atoms with van der Waals surface area (Å²) in [6.45, 7) is 10.3. The molecule has 1 heterocycles. The number of unbranched alkanes of at least 4 members (excludes halogenated alkanes) is 10. The second kappa shape index (κ2) is 17.9. The van der Waals surface area contributed by atoms with Gasteiger partial charge in [0.2, 0.25) is 0 Å². The summed E-state index contributed by atoms with van der Waals surface area (Å²) >= 11 is -0.283. The van der Waals surface area contributed by atoms with Gasteiger partial charge in [0.05, 0.1) is 0 Å². The van der Waals surface area contributed by atoms with Crippen molar-refractivity contribution in [3.05, 3.63) is 11.4 Å². The Morgan fingerprint density at radius 3 is 1.66 bits per heavy atom. The molecule has 1 aromatic rings. The van der Waals surface area contributed by atoms with Gasteiger partial charge in [0.25, 0.3) is 0 Å². The van der Waals surface area contributed by atoms with Crippen molar-refractivity contribution in [2.24, 2.45) is 0 Å². The van der Waals surface area contributed by atoms with Crippen LogP contribution in [0, 0.1) is 0 Å². The van der Waals surface area contributed by atoms with E-state index in [1.165, 1.54) is 95.6 Å². The Balaban J connectivity index is 2.61. The SMILES string of the molecule is CCCCCCCCCCOc1ccs[c]1[Sn]([CH2]CCC)([CH2]CCC)[CH2]CCC. The summed E-state index contributed by atoms with van der Waals surface area (Å²) in [4.78, 5) is 0. The molecule has 0 aliphatic carbocycles. The van der Waals surface area contributed by atoms with Crippen LogP contribution >= 0.6 is 11.3 Å². The molecule has 0 N–H and O–H groups in total. The number of hydrogen-bond donors (Lipinski definition) is 0. The molecule has 3 heteroatoms. The molecule has 0 fully saturated rings. The average molecular weight is 529 g/mol. The van der Waals surface area contributed by atoms with Crippen molar-refractivity contribution < 1.29 is 4.74 Å². The molecule has 0 aliphatic heterocycles. The fraction of sp³-hybridized carbons (Fsp3) is 0.846. The monoisotopic (exact) mass is 530 g/mol. The van der Waals surface area contributed by atoms with Gasteiger partial charge >= 0.3 is 185 Å². The van der Waals surface area contributed by atoms with Crippen molar-refractivity contribution in [2.45, 2.75) is 131 Å². The first-order chi connectivity index (χ1) is 14.2. The van der Waals surface area contributed by atoms with Crippen LogP contribution in [0.3, 0.4) is 0 Å². The second-order valence-electron chi connectivity index (χ2n) is 9.03. The number of hydrogen-bond acceptors (Lipinski definition) is 2. The molecule has 0 unspecified atom stereocenters. The molecule has 170 valence electrons. The van der Waals surface area contributed by atoms with E-state index in [0.717, 1.165) is 6.61 Å². The molecule has 1 nitrogen and oxygen atoms in total. The topological polar surface area (TPSA) is 9.23 Å². The Hall–Kier alpha value is 0.299. The zero-order valence-corrected chi connectivity index (χ0v) is 23.9. The maximum absolute atomic E-state index is 6.43. The van der Waals surface area contributed by atoms with Crippen LogP contribution in [0.5, 0.6) is 5.75 Å². The van der Waals surface area contributed by atoms with Gasteiger partial charge in [0.1, 0.15) is 0 Å². The Morgan fingerprint density at radius 2 is 1.14 bits per heavy atom. The van der Waals surface area contributed by atoms with Crippen LogP contribution in [0.15, 0.2) is 11.4 Å². The normalized spacial score (nSPS) is 11.9. The molecule has 0 atom stereocenters. The predicted octanol–water partition coefficient (Wildman–Crippen LogP) is 9.32. The van der Waals surface area contributed by atoms with Crippen LogP contribution in [0.25, 0.3) is 0 Å². The summed E-state index contributed by atoms with van der Waals surface area (Å²) in [7, 11) is 0. The Kier molecular flexibility index (Phi) is 16.9. The van der Waals surface area contributed by atoms with E-state index < -0.39 is 18.4 Å². The van der Waals surface area contributed by atoms with Crippen LogP contribution < -0.4 is 7.63 Å². The van der Waals surface area contributed by atoms with Gasteiger partial charge in [-0.25, -0.2) is 0 Å². The first-order valence-corrected chi connectivity index (χ1v) is 21.3. The molecule has 0 saturated heterocycles. The van der Waals surface area contributed by atoms with Gasteiger partial charge in [-0.3, -0.25) is 0 Å². The summed E-state index contributed by atoms with van der Waals surface area (Å²) in [6, 6.07) is 2.31. The summed E-state index contributed by atoms with van der Waals surface area (Å²) in [5.74, 6) is 1.30. The second-order valence-corrected chi connectivity index (χ2v) is 24.0. The van der Waals surface area contributed by atoms with Gasteiger partial charge in [-0.1, -0.05) is 6.92 Å². The van der Waals surface area contributed by atoms with E-state index in [4.69, 9.17) is 4.74 Å². The zero-order valence-electron chi connectivity index (χ0n) is 20.2. The summed E-state index contributed by atoms with van der Waals surface area (Å²) in [5.41, 5.74) is 0. The quantitative estimate of drug-likeness (QED) is 0.121. The number of ether oxygens (including phenoxy) is 1. The van der Waals surface area contributed by atoms with Crippen molar-refractivity contribution in [3.8, 4) is 5.75 Å². The van der Waals surface area contributed by atoms with Crippen molar-refractivity contribution in [2.75, 3.05) is 6.61 Å². The minimum atomic E-state index is -2.34. The first kappa shape index (κ1) is 27.3. The third kappa shape index (κ3) is 10.9. The molecule has 0 aromatic carbocycles. The van der Waals surface area contributed by atoms with Gasteiger partial charge in [-0.2, -0.15) is 0 Å². The van der Waals surface area contributed by atoms with E-state index >= 15 is 0 Å². The van der Waals surface area contributed by atoms with E-state index in [-0.39, 0.29) is 0 Å². The molecule has 0 amide bonds. The Labute approximate surface area is 191 Å². The van der Waals surface area contributed by atoms with E-state index in [1.807, 2.05) is 0 Å². The molecule has 29 heavy (non-hydrogen) atoms. The summed E-state index contributed by atoms with van der Waals surface area (Å²) < 4.78 is 12.8. The van der Waals surface area contributed by atoms with E-state index in [1.54, 1.807) is 16.2 Å². The molecular formula is C26H50OSSn. The Morgan fingerprint density at radius 1 is 0.655 bits per heavy atom. The molecule has 0 bridgehead atoms. The van der Waals surface area contributed by atoms with Crippen molar-refractivity contribution in [1.82, 2.24) is 0 Å². The molecule has 1 aromatic heterocycles. The van der Waals surface area contributed by atoms with Crippen LogP contribution in [-0.4, -0.2) is 25.0 Å².